The van der Waals surface area contributed by atoms with E-state index in [0.29, 0.717) is 36.6 Å². The molecule has 2 bridgehead atoms. The molecule has 3 aliphatic heterocycles. The molecule has 8 heteroatoms. The fourth-order valence-corrected chi connectivity index (χ4v) is 5.67. The van der Waals surface area contributed by atoms with Gasteiger partial charge in [-0.2, -0.15) is 16.3 Å². The lowest BCUT2D eigenvalue weighted by Gasteiger charge is -2.29. The van der Waals surface area contributed by atoms with Crippen molar-refractivity contribution in [2.75, 3.05) is 30.3 Å². The molecule has 0 saturated carbocycles. The first-order valence-electron chi connectivity index (χ1n) is 9.42. The van der Waals surface area contributed by atoms with E-state index < -0.39 is 0 Å². The minimum atomic E-state index is -0.124. The highest BCUT2D eigenvalue weighted by atomic mass is 32.1. The number of ether oxygens (including phenoxy) is 1. The van der Waals surface area contributed by atoms with Crippen LogP contribution in [0.3, 0.4) is 0 Å². The molecule has 0 aliphatic carbocycles. The van der Waals surface area contributed by atoms with Crippen molar-refractivity contribution in [1.29, 1.82) is 0 Å². The number of thiophene rings is 1. The van der Waals surface area contributed by atoms with Gasteiger partial charge in [-0.15, -0.1) is 0 Å². The number of aromatic nitrogens is 2. The van der Waals surface area contributed by atoms with E-state index in [0.717, 1.165) is 31.5 Å². The van der Waals surface area contributed by atoms with Crippen molar-refractivity contribution in [3.05, 3.63) is 34.7 Å². The summed E-state index contributed by atoms with van der Waals surface area (Å²) in [5.41, 5.74) is 6.77. The lowest BCUT2D eigenvalue weighted by atomic mass is 9.73. The van der Waals surface area contributed by atoms with Gasteiger partial charge in [-0.25, -0.2) is 4.98 Å². The van der Waals surface area contributed by atoms with Gasteiger partial charge in [-0.1, -0.05) is 0 Å². The van der Waals surface area contributed by atoms with E-state index in [1.54, 1.807) is 23.6 Å². The van der Waals surface area contributed by atoms with Gasteiger partial charge < -0.3 is 20.7 Å². The summed E-state index contributed by atoms with van der Waals surface area (Å²) < 4.78 is 6.44. The van der Waals surface area contributed by atoms with Crippen molar-refractivity contribution in [2.45, 2.75) is 31.0 Å². The molecule has 1 spiro atoms. The molecule has 3 fully saturated rings. The zero-order chi connectivity index (χ0) is 18.4. The van der Waals surface area contributed by atoms with Gasteiger partial charge in [-0.3, -0.25) is 4.79 Å². The number of nitrogens with one attached hydrogen (secondary N) is 1. The highest BCUT2D eigenvalue weighted by molar-refractivity contribution is 7.08. The molecular weight excluding hydrogens is 362 g/mol. The number of nitrogen functional groups attached to an aromatic ring is 1. The number of fused-ring (bicyclic) bond motifs is 1. The second-order valence-electron chi connectivity index (χ2n) is 7.80. The predicted octanol–water partition coefficient (Wildman–Crippen LogP) is 1.46. The van der Waals surface area contributed by atoms with Crippen molar-refractivity contribution in [3.63, 3.8) is 0 Å². The zero-order valence-electron chi connectivity index (χ0n) is 15.0. The number of nitrogens with two attached hydrogens (primary N) is 1. The van der Waals surface area contributed by atoms with Crippen molar-refractivity contribution in [2.24, 2.45) is 11.8 Å². The first-order chi connectivity index (χ1) is 13.1. The summed E-state index contributed by atoms with van der Waals surface area (Å²) in [6.07, 6.45) is 4.53. The maximum Gasteiger partial charge on any atom is 0.227 e. The number of rotatable bonds is 5. The van der Waals surface area contributed by atoms with Crippen LogP contribution < -0.4 is 16.0 Å². The monoisotopic (exact) mass is 385 g/mol. The van der Waals surface area contributed by atoms with Gasteiger partial charge in [0.25, 0.3) is 0 Å². The second kappa shape index (κ2) is 6.45. The fraction of sp³-hybridized carbons (Fsp3) is 0.526. The Morgan fingerprint density at radius 2 is 2.41 bits per heavy atom. The number of nitrogens with zero attached hydrogens (tertiary/aromatic N) is 3. The number of amides is 1. The fourth-order valence-electron chi connectivity index (χ4n) is 5.00. The molecule has 5 heterocycles. The van der Waals surface area contributed by atoms with Crippen LogP contribution in [-0.4, -0.2) is 47.2 Å². The van der Waals surface area contributed by atoms with E-state index >= 15 is 0 Å². The Morgan fingerprint density at radius 1 is 1.48 bits per heavy atom. The SMILES string of the molecule is Nc1ccnc(N2C[C@@H]3[C@H](CNC(=O)Cc4ccsc4)[C@H]4CC[C@]3(C2)O4)n1. The third-order valence-electron chi connectivity index (χ3n) is 6.21. The number of anilines is 2. The average molecular weight is 385 g/mol. The van der Waals surface area contributed by atoms with Gasteiger partial charge in [0.1, 0.15) is 5.82 Å². The van der Waals surface area contributed by atoms with Crippen LogP contribution in [0.1, 0.15) is 18.4 Å². The maximum atomic E-state index is 12.3. The summed E-state index contributed by atoms with van der Waals surface area (Å²) in [4.78, 5) is 23.2. The molecule has 3 saturated heterocycles. The molecule has 3 N–H and O–H groups in total. The molecule has 5 rings (SSSR count). The molecule has 0 radical (unpaired) electrons. The lowest BCUT2D eigenvalue weighted by Crippen LogP contribution is -2.42. The Bertz CT molecular complexity index is 844. The van der Waals surface area contributed by atoms with Crippen LogP contribution in [0.15, 0.2) is 29.1 Å². The average Bonchev–Trinajstić information content (AvgIpc) is 3.41. The highest BCUT2D eigenvalue weighted by Crippen LogP contribution is 2.54. The second-order valence-corrected chi connectivity index (χ2v) is 8.58. The van der Waals surface area contributed by atoms with Gasteiger partial charge in [0, 0.05) is 31.1 Å². The normalized spacial score (nSPS) is 31.3. The van der Waals surface area contributed by atoms with E-state index in [2.05, 4.69) is 20.2 Å². The quantitative estimate of drug-likeness (QED) is 0.809. The van der Waals surface area contributed by atoms with Crippen molar-refractivity contribution >= 4 is 29.0 Å². The number of carbonyl (C=O) groups is 1. The summed E-state index contributed by atoms with van der Waals surface area (Å²) in [6.45, 7) is 2.33. The summed E-state index contributed by atoms with van der Waals surface area (Å²) in [6, 6.07) is 3.70. The number of hydrogen-bond acceptors (Lipinski definition) is 7. The van der Waals surface area contributed by atoms with E-state index in [4.69, 9.17) is 10.5 Å². The van der Waals surface area contributed by atoms with Crippen LogP contribution in [-0.2, 0) is 16.0 Å². The molecular formula is C19H23N5O2S. The molecule has 7 nitrogen and oxygen atoms in total. The molecule has 2 aromatic heterocycles. The summed E-state index contributed by atoms with van der Waals surface area (Å²) >= 11 is 1.62. The van der Waals surface area contributed by atoms with Crippen LogP contribution in [0.5, 0.6) is 0 Å². The van der Waals surface area contributed by atoms with Crippen LogP contribution >= 0.6 is 11.3 Å². The Kier molecular flexibility index (Phi) is 4.05. The molecule has 0 aromatic carbocycles. The van der Waals surface area contributed by atoms with E-state index in [1.807, 2.05) is 16.8 Å². The summed E-state index contributed by atoms with van der Waals surface area (Å²) in [5.74, 6) is 1.97. The Morgan fingerprint density at radius 3 is 3.22 bits per heavy atom. The largest absolute Gasteiger partial charge is 0.384 e. The Hall–Kier alpha value is -2.19. The molecule has 142 valence electrons. The van der Waals surface area contributed by atoms with E-state index in [-0.39, 0.29) is 17.6 Å². The molecule has 3 aliphatic rings. The smallest absolute Gasteiger partial charge is 0.227 e. The van der Waals surface area contributed by atoms with Crippen LogP contribution in [0.2, 0.25) is 0 Å². The van der Waals surface area contributed by atoms with Gasteiger partial charge in [0.2, 0.25) is 11.9 Å². The Balaban J connectivity index is 1.26. The standard InChI is InChI=1S/C19H23N5O2S/c20-16-2-5-21-18(23-16)24-9-14-13(15-1-4-19(14,11-24)26-15)8-22-17(25)7-12-3-6-27-10-12/h2-3,5-6,10,13-15H,1,4,7-9,11H2,(H,22,25)(H2,20,21,23)/t13-,14+,15+,19+/m0/s1. The number of carbonyl (C=O) groups excluding carboxylic acids is 1. The molecule has 0 unspecified atom stereocenters. The maximum absolute atomic E-state index is 12.3. The van der Waals surface area contributed by atoms with Crippen LogP contribution in [0, 0.1) is 11.8 Å². The summed E-state index contributed by atoms with van der Waals surface area (Å²) in [5, 5.41) is 7.16. The molecule has 4 atom stereocenters. The van der Waals surface area contributed by atoms with Crippen LogP contribution in [0.4, 0.5) is 11.8 Å². The van der Waals surface area contributed by atoms with Gasteiger partial charge >= 0.3 is 0 Å². The van der Waals surface area contributed by atoms with Gasteiger partial charge in [0.15, 0.2) is 0 Å². The third-order valence-corrected chi connectivity index (χ3v) is 6.94. The highest BCUT2D eigenvalue weighted by Gasteiger charge is 2.63. The van der Waals surface area contributed by atoms with Gasteiger partial charge in [0.05, 0.1) is 24.7 Å². The van der Waals surface area contributed by atoms with E-state index in [9.17, 15) is 4.79 Å². The minimum Gasteiger partial charge on any atom is -0.384 e. The first kappa shape index (κ1) is 16.9. The predicted molar refractivity (Wildman–Crippen MR) is 104 cm³/mol. The Labute approximate surface area is 161 Å². The van der Waals surface area contributed by atoms with Gasteiger partial charge in [-0.05, 0) is 41.3 Å². The van der Waals surface area contributed by atoms with Crippen molar-refractivity contribution in [3.8, 4) is 0 Å². The van der Waals surface area contributed by atoms with Crippen molar-refractivity contribution in [1.82, 2.24) is 15.3 Å². The first-order valence-corrected chi connectivity index (χ1v) is 10.4. The van der Waals surface area contributed by atoms with E-state index in [1.165, 1.54) is 0 Å². The lowest BCUT2D eigenvalue weighted by molar-refractivity contribution is -0.120. The number of hydrogen-bond donors (Lipinski definition) is 2. The van der Waals surface area contributed by atoms with Crippen molar-refractivity contribution < 1.29 is 9.53 Å². The molecule has 1 amide bonds. The topological polar surface area (TPSA) is 93.4 Å². The third kappa shape index (κ3) is 2.96. The minimum absolute atomic E-state index is 0.0826. The summed E-state index contributed by atoms with van der Waals surface area (Å²) in [7, 11) is 0. The zero-order valence-corrected chi connectivity index (χ0v) is 15.8. The molecule has 27 heavy (non-hydrogen) atoms. The van der Waals surface area contributed by atoms with Crippen LogP contribution in [0.25, 0.3) is 0 Å². The molecule has 2 aromatic rings.